The Hall–Kier alpha value is -1.38. The first-order valence-electron chi connectivity index (χ1n) is 4.34. The number of carbonyl (C=O) groups excluding carboxylic acids is 1. The average Bonchev–Trinajstić information content (AvgIpc) is 2.19. The highest BCUT2D eigenvalue weighted by Crippen LogP contribution is 1.97. The van der Waals surface area contributed by atoms with Crippen molar-refractivity contribution in [3.63, 3.8) is 0 Å². The Balaban J connectivity index is 2.40. The van der Waals surface area contributed by atoms with Crippen LogP contribution < -0.4 is 0 Å². The smallest absolute Gasteiger partial charge is 0.357 e. The molecule has 0 aromatic carbocycles. The Labute approximate surface area is 77.8 Å². The first-order valence-corrected chi connectivity index (χ1v) is 4.34. The Morgan fingerprint density at radius 2 is 2.54 bits per heavy atom. The van der Waals surface area contributed by atoms with Gasteiger partial charge in [-0.15, -0.1) is 0 Å². The van der Waals surface area contributed by atoms with E-state index in [1.54, 1.807) is 18.3 Å². The second-order valence-corrected chi connectivity index (χ2v) is 2.62. The van der Waals surface area contributed by atoms with Gasteiger partial charge in [-0.05, 0) is 12.5 Å². The molecule has 0 aliphatic carbocycles. The van der Waals surface area contributed by atoms with Gasteiger partial charge in [-0.2, -0.15) is 0 Å². The maximum absolute atomic E-state index is 11.2. The minimum Gasteiger partial charge on any atom is -0.461 e. The van der Waals surface area contributed by atoms with E-state index in [0.29, 0.717) is 6.61 Å². The number of pyridine rings is 1. The molecule has 1 heterocycles. The third-order valence-electron chi connectivity index (χ3n) is 1.53. The average molecular weight is 178 g/mol. The van der Waals surface area contributed by atoms with Crippen molar-refractivity contribution in [2.45, 2.75) is 19.8 Å². The van der Waals surface area contributed by atoms with Crippen molar-refractivity contribution in [3.8, 4) is 0 Å². The van der Waals surface area contributed by atoms with E-state index in [4.69, 9.17) is 4.74 Å². The lowest BCUT2D eigenvalue weighted by Gasteiger charge is -2.01. The summed E-state index contributed by atoms with van der Waals surface area (Å²) in [5.74, 6) is -0.394. The Morgan fingerprint density at radius 1 is 1.69 bits per heavy atom. The predicted molar refractivity (Wildman–Crippen MR) is 48.3 cm³/mol. The molecule has 1 aromatic rings. The van der Waals surface area contributed by atoms with E-state index in [1.807, 2.05) is 6.92 Å². The second kappa shape index (κ2) is 5.30. The van der Waals surface area contributed by atoms with Crippen molar-refractivity contribution in [1.29, 1.82) is 0 Å². The lowest BCUT2D eigenvalue weighted by molar-refractivity contribution is 0.0492. The molecule has 3 nitrogen and oxygen atoms in total. The molecule has 0 saturated heterocycles. The summed E-state index contributed by atoms with van der Waals surface area (Å²) in [6, 6.07) is 6.06. The minimum atomic E-state index is -0.394. The number of unbranched alkanes of at least 4 members (excludes halogenated alkanes) is 1. The summed E-state index contributed by atoms with van der Waals surface area (Å²) in [6.45, 7) is 2.50. The third kappa shape index (κ3) is 3.23. The third-order valence-corrected chi connectivity index (χ3v) is 1.53. The zero-order chi connectivity index (χ0) is 9.52. The molecule has 0 aliphatic heterocycles. The zero-order valence-corrected chi connectivity index (χ0v) is 7.62. The molecule has 0 amide bonds. The van der Waals surface area contributed by atoms with E-state index >= 15 is 0 Å². The van der Waals surface area contributed by atoms with E-state index in [1.165, 1.54) is 0 Å². The summed E-state index contributed by atoms with van der Waals surface area (Å²) in [5.41, 5.74) is 0.249. The number of aromatic nitrogens is 1. The summed E-state index contributed by atoms with van der Waals surface area (Å²) < 4.78 is 4.94. The fraction of sp³-hybridized carbons (Fsp3) is 0.400. The van der Waals surface area contributed by atoms with E-state index in [2.05, 4.69) is 11.1 Å². The Kier molecular flexibility index (Phi) is 3.96. The van der Waals surface area contributed by atoms with E-state index < -0.39 is 5.97 Å². The number of carbonyl (C=O) groups is 1. The molecule has 69 valence electrons. The SMILES string of the molecule is CCCCOC(=O)c1[c]cccn1. The largest absolute Gasteiger partial charge is 0.461 e. The van der Waals surface area contributed by atoms with Gasteiger partial charge < -0.3 is 4.74 Å². The quantitative estimate of drug-likeness (QED) is 0.521. The molecule has 0 bridgehead atoms. The van der Waals surface area contributed by atoms with Gasteiger partial charge in [0.1, 0.15) is 0 Å². The number of nitrogens with zero attached hydrogens (tertiary/aromatic N) is 1. The Bertz CT molecular complexity index is 259. The lowest BCUT2D eigenvalue weighted by Crippen LogP contribution is -2.07. The molecule has 0 unspecified atom stereocenters. The van der Waals surface area contributed by atoms with Gasteiger partial charge in [-0.3, -0.25) is 0 Å². The van der Waals surface area contributed by atoms with Crippen LogP contribution in [0.1, 0.15) is 30.3 Å². The molecule has 0 spiro atoms. The maximum atomic E-state index is 11.2. The molecule has 0 N–H and O–H groups in total. The van der Waals surface area contributed by atoms with Gasteiger partial charge in [-0.1, -0.05) is 19.4 Å². The standard InChI is InChI=1S/C10H12NO2/c1-2-3-8-13-10(12)9-6-4-5-7-11-9/h4-5,7H,2-3,8H2,1H3. The van der Waals surface area contributed by atoms with Gasteiger partial charge in [0, 0.05) is 12.3 Å². The van der Waals surface area contributed by atoms with E-state index in [9.17, 15) is 4.79 Å². The first kappa shape index (κ1) is 9.71. The van der Waals surface area contributed by atoms with Gasteiger partial charge in [0.05, 0.1) is 6.61 Å². The van der Waals surface area contributed by atoms with Gasteiger partial charge in [0.2, 0.25) is 0 Å². The van der Waals surface area contributed by atoms with Crippen LogP contribution in [-0.2, 0) is 4.74 Å². The lowest BCUT2D eigenvalue weighted by atomic mass is 10.3. The summed E-state index contributed by atoms with van der Waals surface area (Å²) >= 11 is 0. The summed E-state index contributed by atoms with van der Waals surface area (Å²) in [7, 11) is 0. The highest BCUT2D eigenvalue weighted by molar-refractivity contribution is 5.86. The number of hydrogen-bond acceptors (Lipinski definition) is 3. The minimum absolute atomic E-state index is 0.249. The van der Waals surface area contributed by atoms with Gasteiger partial charge in [0.15, 0.2) is 5.69 Å². The van der Waals surface area contributed by atoms with Crippen LogP contribution in [0.4, 0.5) is 0 Å². The molecule has 3 heteroatoms. The van der Waals surface area contributed by atoms with Crippen molar-refractivity contribution in [3.05, 3.63) is 30.1 Å². The monoisotopic (exact) mass is 178 g/mol. The highest BCUT2D eigenvalue weighted by atomic mass is 16.5. The van der Waals surface area contributed by atoms with Crippen LogP contribution in [0.25, 0.3) is 0 Å². The number of rotatable bonds is 4. The number of esters is 1. The highest BCUT2D eigenvalue weighted by Gasteiger charge is 2.06. The van der Waals surface area contributed by atoms with Crippen molar-refractivity contribution >= 4 is 5.97 Å². The topological polar surface area (TPSA) is 39.2 Å². The molecule has 13 heavy (non-hydrogen) atoms. The van der Waals surface area contributed by atoms with Crippen LogP contribution in [0, 0.1) is 6.07 Å². The van der Waals surface area contributed by atoms with Crippen molar-refractivity contribution < 1.29 is 9.53 Å². The van der Waals surface area contributed by atoms with E-state index in [-0.39, 0.29) is 5.69 Å². The maximum Gasteiger partial charge on any atom is 0.357 e. The fourth-order valence-corrected chi connectivity index (χ4v) is 0.814. The van der Waals surface area contributed by atoms with Crippen LogP contribution in [-0.4, -0.2) is 17.6 Å². The number of ether oxygens (including phenoxy) is 1. The van der Waals surface area contributed by atoms with Crippen LogP contribution in [0.2, 0.25) is 0 Å². The van der Waals surface area contributed by atoms with Crippen molar-refractivity contribution in [2.75, 3.05) is 6.61 Å². The van der Waals surface area contributed by atoms with Crippen LogP contribution in [0.5, 0.6) is 0 Å². The normalized spacial score (nSPS) is 9.62. The molecule has 1 aromatic heterocycles. The zero-order valence-electron chi connectivity index (χ0n) is 7.62. The van der Waals surface area contributed by atoms with E-state index in [0.717, 1.165) is 12.8 Å². The molecule has 1 radical (unpaired) electrons. The molecular formula is C10H12NO2. The van der Waals surface area contributed by atoms with Gasteiger partial charge in [-0.25, -0.2) is 9.78 Å². The van der Waals surface area contributed by atoms with Crippen LogP contribution in [0.3, 0.4) is 0 Å². The van der Waals surface area contributed by atoms with Crippen molar-refractivity contribution in [2.24, 2.45) is 0 Å². The fourth-order valence-electron chi connectivity index (χ4n) is 0.814. The molecule has 0 fully saturated rings. The first-order chi connectivity index (χ1) is 6.34. The van der Waals surface area contributed by atoms with Gasteiger partial charge >= 0.3 is 5.97 Å². The summed E-state index contributed by atoms with van der Waals surface area (Å²) in [6.07, 6.45) is 3.45. The second-order valence-electron chi connectivity index (χ2n) is 2.62. The van der Waals surface area contributed by atoms with Crippen LogP contribution >= 0.6 is 0 Å². The summed E-state index contributed by atoms with van der Waals surface area (Å²) in [4.78, 5) is 15.0. The van der Waals surface area contributed by atoms with Gasteiger partial charge in [0.25, 0.3) is 0 Å². The summed E-state index contributed by atoms with van der Waals surface area (Å²) in [5, 5.41) is 0. The number of hydrogen-bond donors (Lipinski definition) is 0. The van der Waals surface area contributed by atoms with Crippen molar-refractivity contribution in [1.82, 2.24) is 4.98 Å². The predicted octanol–water partition coefficient (Wildman–Crippen LogP) is 1.84. The molecule has 1 rings (SSSR count). The Morgan fingerprint density at radius 3 is 3.15 bits per heavy atom. The molecule has 0 atom stereocenters. The van der Waals surface area contributed by atoms with Crippen LogP contribution in [0.15, 0.2) is 18.3 Å². The molecule has 0 aliphatic rings. The molecule has 0 saturated carbocycles. The molecular weight excluding hydrogens is 166 g/mol.